The molecule has 10 N–H and O–H groups in total. The fraction of sp³-hybridized carbons (Fsp3) is 0.435. The van der Waals surface area contributed by atoms with Crippen molar-refractivity contribution in [3.63, 3.8) is 0 Å². The number of nitrogens with zero attached hydrogens (tertiary/aromatic N) is 2. The van der Waals surface area contributed by atoms with E-state index < -0.39 is 58.0 Å². The van der Waals surface area contributed by atoms with Crippen LogP contribution in [0.1, 0.15) is 17.5 Å². The van der Waals surface area contributed by atoms with E-state index in [1.165, 1.54) is 11.0 Å². The highest BCUT2D eigenvalue weighted by Gasteiger charge is 2.64. The SMILES string of the molecule is CN(C)c1ccc(O)c2c1C[C@H]1C[C@@H]3[C@H](N(C)C)C(=O)C(C(N)=O)=C(O)[C@@]3(O)C(=O)C1=C2O.Cl.O.O. The Morgan fingerprint density at radius 3 is 2.17 bits per heavy atom. The molecule has 0 radical (unpaired) electrons. The zero-order chi connectivity index (χ0) is 24.6. The van der Waals surface area contributed by atoms with Crippen molar-refractivity contribution in [1.29, 1.82) is 0 Å². The predicted molar refractivity (Wildman–Crippen MR) is 133 cm³/mol. The minimum atomic E-state index is -2.63. The van der Waals surface area contributed by atoms with Gasteiger partial charge < -0.3 is 42.0 Å². The second-order valence-electron chi connectivity index (χ2n) is 9.31. The highest BCUT2D eigenvalue weighted by atomic mass is 35.5. The van der Waals surface area contributed by atoms with E-state index in [4.69, 9.17) is 5.73 Å². The molecular formula is C23H32ClN3O9. The van der Waals surface area contributed by atoms with Crippen LogP contribution >= 0.6 is 12.4 Å². The number of hydrogen-bond acceptors (Lipinski definition) is 9. The second kappa shape index (κ2) is 10.1. The summed E-state index contributed by atoms with van der Waals surface area (Å²) in [5.74, 6) is -6.54. The van der Waals surface area contributed by atoms with Crippen LogP contribution in [0.5, 0.6) is 5.75 Å². The molecule has 4 atom stereocenters. The number of carbonyl (C=O) groups is 3. The lowest BCUT2D eigenvalue weighted by atomic mass is 9.57. The number of aliphatic hydroxyl groups is 3. The summed E-state index contributed by atoms with van der Waals surface area (Å²) < 4.78 is 0. The minimum absolute atomic E-state index is 0. The van der Waals surface area contributed by atoms with Crippen LogP contribution in [0.2, 0.25) is 0 Å². The highest BCUT2D eigenvalue weighted by Crippen LogP contribution is 2.53. The van der Waals surface area contributed by atoms with Gasteiger partial charge in [-0.05, 0) is 50.6 Å². The largest absolute Gasteiger partial charge is 0.508 e. The molecule has 0 heterocycles. The van der Waals surface area contributed by atoms with Crippen LogP contribution in [0.4, 0.5) is 5.69 Å². The summed E-state index contributed by atoms with van der Waals surface area (Å²) in [6, 6.07) is 2.01. The number of anilines is 1. The molecule has 1 fully saturated rings. The Bertz CT molecular complexity index is 1180. The first kappa shape index (κ1) is 30.9. The number of primary amides is 1. The van der Waals surface area contributed by atoms with Crippen molar-refractivity contribution in [2.45, 2.75) is 24.5 Å². The smallest absolute Gasteiger partial charge is 0.255 e. The van der Waals surface area contributed by atoms with Gasteiger partial charge in [-0.2, -0.15) is 0 Å². The summed E-state index contributed by atoms with van der Waals surface area (Å²) >= 11 is 0. The molecule has 12 nitrogen and oxygen atoms in total. The molecule has 0 unspecified atom stereocenters. The van der Waals surface area contributed by atoms with Gasteiger partial charge in [0.1, 0.15) is 22.8 Å². The summed E-state index contributed by atoms with van der Waals surface area (Å²) in [4.78, 5) is 42.0. The molecule has 1 saturated carbocycles. The predicted octanol–water partition coefficient (Wildman–Crippen LogP) is -1.20. The van der Waals surface area contributed by atoms with Crippen LogP contribution in [0.15, 0.2) is 29.0 Å². The van der Waals surface area contributed by atoms with Gasteiger partial charge in [0.25, 0.3) is 5.91 Å². The van der Waals surface area contributed by atoms with Crippen LogP contribution in [-0.4, -0.2) is 93.6 Å². The quantitative estimate of drug-likeness (QED) is 0.296. The summed E-state index contributed by atoms with van der Waals surface area (Å²) in [6.45, 7) is 0. The molecule has 1 aromatic rings. The number of likely N-dealkylation sites (N-methyl/N-ethyl adjacent to an activating group) is 1. The van der Waals surface area contributed by atoms with Crippen LogP contribution < -0.4 is 10.6 Å². The number of nitrogens with two attached hydrogens (primary N) is 1. The Labute approximate surface area is 213 Å². The normalized spacial score (nSPS) is 26.7. The van der Waals surface area contributed by atoms with E-state index in [1.54, 1.807) is 20.2 Å². The number of amides is 1. The number of aliphatic hydroxyl groups excluding tert-OH is 2. The number of phenols is 1. The lowest BCUT2D eigenvalue weighted by molar-refractivity contribution is -0.153. The Kier molecular flexibility index (Phi) is 8.63. The molecule has 0 bridgehead atoms. The van der Waals surface area contributed by atoms with Crippen LogP contribution in [0.25, 0.3) is 5.76 Å². The lowest BCUT2D eigenvalue weighted by Gasteiger charge is -2.50. The fourth-order valence-electron chi connectivity index (χ4n) is 5.65. The van der Waals surface area contributed by atoms with Gasteiger partial charge in [0, 0.05) is 31.3 Å². The zero-order valence-electron chi connectivity index (χ0n) is 20.2. The van der Waals surface area contributed by atoms with Crippen molar-refractivity contribution in [2.24, 2.45) is 17.6 Å². The topological polar surface area (TPSA) is 228 Å². The maximum absolute atomic E-state index is 13.7. The molecular weight excluding hydrogens is 498 g/mol. The minimum Gasteiger partial charge on any atom is -0.508 e. The Balaban J connectivity index is 0.00000216. The molecule has 13 heteroatoms. The molecule has 3 aliphatic rings. The molecule has 3 aliphatic carbocycles. The van der Waals surface area contributed by atoms with Crippen molar-refractivity contribution in [2.75, 3.05) is 33.1 Å². The van der Waals surface area contributed by atoms with Gasteiger partial charge in [-0.3, -0.25) is 19.3 Å². The maximum Gasteiger partial charge on any atom is 0.255 e. The van der Waals surface area contributed by atoms with E-state index in [0.717, 1.165) is 5.69 Å². The van der Waals surface area contributed by atoms with Crippen LogP contribution in [-0.2, 0) is 20.8 Å². The number of phenolic OH excluding ortho intramolecular Hbond substituents is 1. The average Bonchev–Trinajstić information content (AvgIpc) is 2.70. The monoisotopic (exact) mass is 529 g/mol. The first-order chi connectivity index (χ1) is 15.3. The lowest BCUT2D eigenvalue weighted by Crippen LogP contribution is -2.65. The van der Waals surface area contributed by atoms with E-state index in [2.05, 4.69) is 0 Å². The number of Topliss-reactive ketones (excluding diaryl/α,β-unsaturated/α-hetero) is 2. The highest BCUT2D eigenvalue weighted by molar-refractivity contribution is 6.24. The van der Waals surface area contributed by atoms with Crippen molar-refractivity contribution in [3.8, 4) is 5.75 Å². The van der Waals surface area contributed by atoms with Crippen molar-refractivity contribution in [3.05, 3.63) is 40.2 Å². The van der Waals surface area contributed by atoms with Gasteiger partial charge in [-0.25, -0.2) is 0 Å². The number of benzene rings is 1. The number of aromatic hydroxyl groups is 1. The van der Waals surface area contributed by atoms with Gasteiger partial charge in [0.15, 0.2) is 11.4 Å². The Morgan fingerprint density at radius 2 is 1.67 bits per heavy atom. The Hall–Kier alpha value is -3.16. The van der Waals surface area contributed by atoms with E-state index in [9.17, 15) is 34.8 Å². The molecule has 4 rings (SSSR count). The Morgan fingerprint density at radius 1 is 1.08 bits per heavy atom. The van der Waals surface area contributed by atoms with Crippen molar-refractivity contribution >= 4 is 41.3 Å². The zero-order valence-corrected chi connectivity index (χ0v) is 21.0. The van der Waals surface area contributed by atoms with Crippen molar-refractivity contribution < 1.29 is 45.8 Å². The summed E-state index contributed by atoms with van der Waals surface area (Å²) in [6.07, 6.45) is 0.324. The van der Waals surface area contributed by atoms with E-state index in [-0.39, 0.29) is 53.1 Å². The van der Waals surface area contributed by atoms with E-state index in [1.807, 2.05) is 19.0 Å². The average molecular weight is 530 g/mol. The number of hydrogen-bond donors (Lipinski definition) is 5. The molecule has 0 aromatic heterocycles. The van der Waals surface area contributed by atoms with Crippen LogP contribution in [0, 0.1) is 11.8 Å². The molecule has 0 aliphatic heterocycles. The molecule has 0 saturated heterocycles. The first-order valence-corrected chi connectivity index (χ1v) is 10.5. The maximum atomic E-state index is 13.7. The van der Waals surface area contributed by atoms with Gasteiger partial charge in [-0.15, -0.1) is 12.4 Å². The standard InChI is InChI=1S/C23H27N3O7.ClH.2H2O/c1-25(2)12-5-6-13(27)15-10(12)7-9-8-11-17(26(3)4)19(29)16(22(24)32)21(31)23(11,33)20(30)14(9)18(15)28;;;/h5-6,9,11,17,27-28,31,33H,7-8H2,1-4H3,(H2,24,32);1H;2*1H2/t9-,11+,17-,23-;;;/m0.../s1. The summed E-state index contributed by atoms with van der Waals surface area (Å²) in [5.41, 5.74) is 3.15. The number of ketones is 2. The molecule has 1 amide bonds. The first-order valence-electron chi connectivity index (χ1n) is 10.5. The van der Waals surface area contributed by atoms with Gasteiger partial charge in [0.05, 0.1) is 11.6 Å². The number of rotatable bonds is 3. The molecule has 1 aromatic carbocycles. The third-order valence-corrected chi connectivity index (χ3v) is 7.06. The molecule has 0 spiro atoms. The molecule has 200 valence electrons. The summed E-state index contributed by atoms with van der Waals surface area (Å²) in [5, 5.41) is 43.9. The third kappa shape index (κ3) is 3.91. The van der Waals surface area contributed by atoms with E-state index in [0.29, 0.717) is 5.56 Å². The van der Waals surface area contributed by atoms with Crippen LogP contribution in [0.3, 0.4) is 0 Å². The van der Waals surface area contributed by atoms with E-state index >= 15 is 0 Å². The number of halogens is 1. The third-order valence-electron chi connectivity index (χ3n) is 7.06. The van der Waals surface area contributed by atoms with Gasteiger partial charge in [0.2, 0.25) is 5.78 Å². The summed E-state index contributed by atoms with van der Waals surface area (Å²) in [7, 11) is 6.75. The molecule has 36 heavy (non-hydrogen) atoms. The number of carbonyl (C=O) groups excluding carboxylic acids is 3. The fourth-order valence-corrected chi connectivity index (χ4v) is 5.65. The van der Waals surface area contributed by atoms with Gasteiger partial charge >= 0.3 is 0 Å². The number of fused-ring (bicyclic) bond motifs is 3. The second-order valence-corrected chi connectivity index (χ2v) is 9.31. The van der Waals surface area contributed by atoms with Gasteiger partial charge in [-0.1, -0.05) is 0 Å². The van der Waals surface area contributed by atoms with Crippen molar-refractivity contribution in [1.82, 2.24) is 4.90 Å².